The van der Waals surface area contributed by atoms with Gasteiger partial charge in [-0.25, -0.2) is 15.0 Å². The SMILES string of the molecule is CN1CC(c2cnc3c(Nc4ccnc(N5CC[C@@H](N)C5)c4)nccn23)C=N1. The molecular weight excluding hydrogens is 354 g/mol. The molecule has 3 aromatic heterocycles. The standard InChI is InChI=1S/C19H23N9/c1-26-11-13(9-24-26)16-10-23-19-18(22-5-7-28(16)19)25-15-2-4-21-17(8-15)27-6-3-14(20)12-27/h2,4-5,7-10,13-14H,3,6,11-12,20H2,1H3,(H,21,22,25)/t13?,14-/m1/s1. The highest BCUT2D eigenvalue weighted by Crippen LogP contribution is 2.26. The average Bonchev–Trinajstić information content (AvgIpc) is 3.42. The summed E-state index contributed by atoms with van der Waals surface area (Å²) in [6, 6.07) is 4.19. The summed E-state index contributed by atoms with van der Waals surface area (Å²) in [5.74, 6) is 1.87. The van der Waals surface area contributed by atoms with E-state index in [4.69, 9.17) is 5.73 Å². The molecule has 1 fully saturated rings. The highest BCUT2D eigenvalue weighted by molar-refractivity contribution is 5.74. The molecule has 3 N–H and O–H groups in total. The number of rotatable bonds is 4. The molecule has 5 rings (SSSR count). The van der Waals surface area contributed by atoms with Gasteiger partial charge in [-0.15, -0.1) is 0 Å². The molecule has 2 aliphatic rings. The van der Waals surface area contributed by atoms with Crippen LogP contribution in [0.5, 0.6) is 0 Å². The summed E-state index contributed by atoms with van der Waals surface area (Å²) in [6.45, 7) is 2.63. The topological polar surface area (TPSA) is 100.0 Å². The molecule has 0 aliphatic carbocycles. The molecule has 0 aromatic carbocycles. The van der Waals surface area contributed by atoms with Crippen molar-refractivity contribution < 1.29 is 0 Å². The first-order chi connectivity index (χ1) is 13.7. The number of pyridine rings is 1. The molecule has 0 amide bonds. The van der Waals surface area contributed by atoms with E-state index in [2.05, 4.69) is 34.7 Å². The van der Waals surface area contributed by atoms with E-state index in [1.165, 1.54) is 0 Å². The van der Waals surface area contributed by atoms with Crippen LogP contribution in [-0.2, 0) is 0 Å². The Balaban J connectivity index is 1.43. The van der Waals surface area contributed by atoms with Gasteiger partial charge in [0, 0.05) is 69.3 Å². The van der Waals surface area contributed by atoms with Crippen LogP contribution >= 0.6 is 0 Å². The van der Waals surface area contributed by atoms with Gasteiger partial charge in [0.2, 0.25) is 0 Å². The van der Waals surface area contributed by atoms with Gasteiger partial charge in [-0.1, -0.05) is 0 Å². The number of nitrogens with one attached hydrogen (secondary N) is 1. The molecule has 2 aliphatic heterocycles. The summed E-state index contributed by atoms with van der Waals surface area (Å²) < 4.78 is 2.08. The zero-order chi connectivity index (χ0) is 19.1. The van der Waals surface area contributed by atoms with Crippen LogP contribution in [0.25, 0.3) is 5.65 Å². The molecular formula is C19H23N9. The van der Waals surface area contributed by atoms with Crippen LogP contribution < -0.4 is 16.0 Å². The monoisotopic (exact) mass is 377 g/mol. The second-order valence-corrected chi connectivity index (χ2v) is 7.39. The van der Waals surface area contributed by atoms with Crippen molar-refractivity contribution in [1.29, 1.82) is 0 Å². The number of hydrogen-bond acceptors (Lipinski definition) is 8. The Labute approximate surface area is 162 Å². The lowest BCUT2D eigenvalue weighted by molar-refractivity contribution is 0.380. The van der Waals surface area contributed by atoms with Gasteiger partial charge in [-0.3, -0.25) is 9.41 Å². The third-order valence-electron chi connectivity index (χ3n) is 5.30. The van der Waals surface area contributed by atoms with Gasteiger partial charge in [0.15, 0.2) is 11.5 Å². The molecule has 1 unspecified atom stereocenters. The van der Waals surface area contributed by atoms with Crippen molar-refractivity contribution in [3.63, 3.8) is 0 Å². The largest absolute Gasteiger partial charge is 0.355 e. The van der Waals surface area contributed by atoms with Gasteiger partial charge in [0.1, 0.15) is 5.82 Å². The van der Waals surface area contributed by atoms with E-state index < -0.39 is 0 Å². The number of aromatic nitrogens is 4. The second kappa shape index (κ2) is 6.75. The fraction of sp³-hybridized carbons (Fsp3) is 0.368. The van der Waals surface area contributed by atoms with E-state index in [0.29, 0.717) is 5.82 Å². The van der Waals surface area contributed by atoms with Crippen molar-refractivity contribution in [3.8, 4) is 0 Å². The maximum absolute atomic E-state index is 6.03. The zero-order valence-corrected chi connectivity index (χ0v) is 15.7. The Morgan fingerprint density at radius 3 is 2.89 bits per heavy atom. The van der Waals surface area contributed by atoms with Gasteiger partial charge in [0.25, 0.3) is 0 Å². The first-order valence-electron chi connectivity index (χ1n) is 9.48. The minimum Gasteiger partial charge on any atom is -0.355 e. The molecule has 9 heteroatoms. The number of hydrazone groups is 1. The molecule has 0 saturated carbocycles. The fourth-order valence-electron chi connectivity index (χ4n) is 3.85. The van der Waals surface area contributed by atoms with Crippen molar-refractivity contribution in [2.75, 3.05) is 36.9 Å². The van der Waals surface area contributed by atoms with Crippen LogP contribution in [0.3, 0.4) is 0 Å². The minimum absolute atomic E-state index is 0.218. The summed E-state index contributed by atoms with van der Waals surface area (Å²) in [4.78, 5) is 15.8. The van der Waals surface area contributed by atoms with Crippen LogP contribution in [0.2, 0.25) is 0 Å². The lowest BCUT2D eigenvalue weighted by atomic mass is 10.1. The van der Waals surface area contributed by atoms with Crippen molar-refractivity contribution in [2.45, 2.75) is 18.4 Å². The van der Waals surface area contributed by atoms with Crippen molar-refractivity contribution >= 4 is 29.2 Å². The molecule has 0 radical (unpaired) electrons. The maximum atomic E-state index is 6.03. The van der Waals surface area contributed by atoms with Crippen molar-refractivity contribution in [3.05, 3.63) is 42.6 Å². The Kier molecular flexibility index (Phi) is 4.09. The van der Waals surface area contributed by atoms with Crippen LogP contribution in [0.4, 0.5) is 17.3 Å². The van der Waals surface area contributed by atoms with Crippen molar-refractivity contribution in [1.82, 2.24) is 24.4 Å². The predicted molar refractivity (Wildman–Crippen MR) is 109 cm³/mol. The van der Waals surface area contributed by atoms with E-state index in [0.717, 1.165) is 48.9 Å². The van der Waals surface area contributed by atoms with E-state index in [-0.39, 0.29) is 12.0 Å². The molecule has 1 saturated heterocycles. The van der Waals surface area contributed by atoms with Crippen LogP contribution in [0.1, 0.15) is 18.0 Å². The Bertz CT molecular complexity index is 1030. The molecule has 144 valence electrons. The fourth-order valence-corrected chi connectivity index (χ4v) is 3.85. The number of likely N-dealkylation sites (N-methyl/N-ethyl adjacent to an activating group) is 1. The van der Waals surface area contributed by atoms with Gasteiger partial charge >= 0.3 is 0 Å². The zero-order valence-electron chi connectivity index (χ0n) is 15.7. The number of nitrogens with zero attached hydrogens (tertiary/aromatic N) is 7. The van der Waals surface area contributed by atoms with E-state index in [1.54, 1.807) is 6.20 Å². The number of hydrogen-bond donors (Lipinski definition) is 2. The van der Waals surface area contributed by atoms with E-state index in [9.17, 15) is 0 Å². The quantitative estimate of drug-likeness (QED) is 0.709. The van der Waals surface area contributed by atoms with Crippen molar-refractivity contribution in [2.24, 2.45) is 10.8 Å². The maximum Gasteiger partial charge on any atom is 0.180 e. The Morgan fingerprint density at radius 2 is 2.11 bits per heavy atom. The summed E-state index contributed by atoms with van der Waals surface area (Å²) in [5, 5.41) is 9.67. The third kappa shape index (κ3) is 3.03. The molecule has 3 aromatic rings. The first-order valence-corrected chi connectivity index (χ1v) is 9.48. The highest BCUT2D eigenvalue weighted by atomic mass is 15.4. The minimum atomic E-state index is 0.218. The summed E-state index contributed by atoms with van der Waals surface area (Å²) in [5.41, 5.74) is 8.86. The summed E-state index contributed by atoms with van der Waals surface area (Å²) in [6.07, 6.45) is 10.4. The number of nitrogens with two attached hydrogens (primary N) is 1. The first kappa shape index (κ1) is 16.9. The molecule has 0 spiro atoms. The molecule has 5 heterocycles. The van der Waals surface area contributed by atoms with Gasteiger partial charge in [-0.2, -0.15) is 5.10 Å². The number of fused-ring (bicyclic) bond motifs is 1. The molecule has 0 bridgehead atoms. The highest BCUT2D eigenvalue weighted by Gasteiger charge is 2.22. The van der Waals surface area contributed by atoms with E-state index >= 15 is 0 Å². The third-order valence-corrected chi connectivity index (χ3v) is 5.30. The normalized spacial score (nSPS) is 21.8. The average molecular weight is 377 g/mol. The molecule has 9 nitrogen and oxygen atoms in total. The summed E-state index contributed by atoms with van der Waals surface area (Å²) >= 11 is 0. The Hall–Kier alpha value is -3.20. The number of imidazole rings is 1. The lowest BCUT2D eigenvalue weighted by Crippen LogP contribution is -2.26. The molecule has 28 heavy (non-hydrogen) atoms. The summed E-state index contributed by atoms with van der Waals surface area (Å²) in [7, 11) is 1.97. The predicted octanol–water partition coefficient (Wildman–Crippen LogP) is 1.42. The van der Waals surface area contributed by atoms with E-state index in [1.807, 2.05) is 49.0 Å². The van der Waals surface area contributed by atoms with Gasteiger partial charge < -0.3 is 16.0 Å². The van der Waals surface area contributed by atoms with Crippen LogP contribution in [-0.4, -0.2) is 63.3 Å². The van der Waals surface area contributed by atoms with Gasteiger partial charge in [-0.05, 0) is 12.5 Å². The van der Waals surface area contributed by atoms with Crippen LogP contribution in [0, 0.1) is 0 Å². The number of anilines is 3. The second-order valence-electron chi connectivity index (χ2n) is 7.39. The Morgan fingerprint density at radius 1 is 1.18 bits per heavy atom. The molecule has 2 atom stereocenters. The van der Waals surface area contributed by atoms with Gasteiger partial charge in [0.05, 0.1) is 17.8 Å². The smallest absolute Gasteiger partial charge is 0.180 e. The van der Waals surface area contributed by atoms with Crippen LogP contribution in [0.15, 0.2) is 42.0 Å². The lowest BCUT2D eigenvalue weighted by Gasteiger charge is -2.17.